The first kappa shape index (κ1) is 15.0. The minimum absolute atomic E-state index is 0.208. The molecular weight excluding hydrogens is 401 g/mol. The maximum atomic E-state index is 13.7. The SMILES string of the molecule is Fc1ccc(Br)cc1Oc1ccc(CNC2CC2)c(Br)c1. The summed E-state index contributed by atoms with van der Waals surface area (Å²) < 4.78 is 21.0. The zero-order valence-corrected chi connectivity index (χ0v) is 14.4. The molecule has 2 aromatic rings. The van der Waals surface area contributed by atoms with Crippen molar-refractivity contribution in [2.24, 2.45) is 0 Å². The highest BCUT2D eigenvalue weighted by molar-refractivity contribution is 9.10. The summed E-state index contributed by atoms with van der Waals surface area (Å²) in [5, 5.41) is 3.46. The lowest BCUT2D eigenvalue weighted by Crippen LogP contribution is -2.15. The van der Waals surface area contributed by atoms with Crippen molar-refractivity contribution in [3.8, 4) is 11.5 Å². The minimum Gasteiger partial charge on any atom is -0.454 e. The zero-order chi connectivity index (χ0) is 14.8. The van der Waals surface area contributed by atoms with E-state index in [9.17, 15) is 4.39 Å². The fraction of sp³-hybridized carbons (Fsp3) is 0.250. The van der Waals surface area contributed by atoms with Gasteiger partial charge in [0.1, 0.15) is 5.75 Å². The second-order valence-electron chi connectivity index (χ2n) is 5.09. The van der Waals surface area contributed by atoms with Gasteiger partial charge in [-0.3, -0.25) is 0 Å². The second kappa shape index (κ2) is 6.46. The zero-order valence-electron chi connectivity index (χ0n) is 11.2. The van der Waals surface area contributed by atoms with Crippen LogP contribution in [0.2, 0.25) is 0 Å². The van der Waals surface area contributed by atoms with E-state index in [0.717, 1.165) is 15.5 Å². The van der Waals surface area contributed by atoms with E-state index in [4.69, 9.17) is 4.74 Å². The summed E-state index contributed by atoms with van der Waals surface area (Å²) in [5.41, 5.74) is 1.17. The summed E-state index contributed by atoms with van der Waals surface area (Å²) in [6, 6.07) is 11.0. The monoisotopic (exact) mass is 413 g/mol. The third kappa shape index (κ3) is 4.05. The highest BCUT2D eigenvalue weighted by Crippen LogP contribution is 2.30. The molecule has 2 aromatic carbocycles. The van der Waals surface area contributed by atoms with Gasteiger partial charge < -0.3 is 10.1 Å². The van der Waals surface area contributed by atoms with Gasteiger partial charge in [-0.1, -0.05) is 37.9 Å². The molecule has 0 saturated heterocycles. The molecule has 1 aliphatic carbocycles. The van der Waals surface area contributed by atoms with E-state index in [1.807, 2.05) is 18.2 Å². The lowest BCUT2D eigenvalue weighted by Gasteiger charge is -2.10. The van der Waals surface area contributed by atoms with Gasteiger partial charge in [0.15, 0.2) is 11.6 Å². The number of ether oxygens (including phenoxy) is 1. The van der Waals surface area contributed by atoms with Crippen LogP contribution < -0.4 is 10.1 Å². The van der Waals surface area contributed by atoms with E-state index in [2.05, 4.69) is 37.2 Å². The lowest BCUT2D eigenvalue weighted by atomic mass is 10.2. The van der Waals surface area contributed by atoms with Crippen molar-refractivity contribution in [2.75, 3.05) is 0 Å². The third-order valence-electron chi connectivity index (χ3n) is 3.30. The molecule has 110 valence electrons. The Labute approximate surface area is 140 Å². The topological polar surface area (TPSA) is 21.3 Å². The van der Waals surface area contributed by atoms with Crippen molar-refractivity contribution in [3.63, 3.8) is 0 Å². The molecule has 0 spiro atoms. The lowest BCUT2D eigenvalue weighted by molar-refractivity contribution is 0.441. The van der Waals surface area contributed by atoms with Crippen molar-refractivity contribution in [1.82, 2.24) is 5.32 Å². The van der Waals surface area contributed by atoms with Crippen molar-refractivity contribution >= 4 is 31.9 Å². The maximum absolute atomic E-state index is 13.7. The maximum Gasteiger partial charge on any atom is 0.165 e. The van der Waals surface area contributed by atoms with E-state index in [1.54, 1.807) is 12.1 Å². The van der Waals surface area contributed by atoms with Crippen LogP contribution >= 0.6 is 31.9 Å². The summed E-state index contributed by atoms with van der Waals surface area (Å²) in [4.78, 5) is 0. The predicted octanol–water partition coefficient (Wildman–Crippen LogP) is 5.40. The molecule has 1 saturated carbocycles. The molecule has 2 nitrogen and oxygen atoms in total. The van der Waals surface area contributed by atoms with Crippen LogP contribution in [0.3, 0.4) is 0 Å². The molecule has 0 radical (unpaired) electrons. The quantitative estimate of drug-likeness (QED) is 0.707. The van der Waals surface area contributed by atoms with Gasteiger partial charge in [0.05, 0.1) is 0 Å². The van der Waals surface area contributed by atoms with Crippen LogP contribution in [0.5, 0.6) is 11.5 Å². The van der Waals surface area contributed by atoms with E-state index in [1.165, 1.54) is 24.5 Å². The highest BCUT2D eigenvalue weighted by Gasteiger charge is 2.20. The van der Waals surface area contributed by atoms with Crippen LogP contribution in [-0.2, 0) is 6.54 Å². The third-order valence-corrected chi connectivity index (χ3v) is 4.54. The van der Waals surface area contributed by atoms with Gasteiger partial charge in [0, 0.05) is 21.5 Å². The summed E-state index contributed by atoms with van der Waals surface area (Å²) in [5.74, 6) is 0.433. The van der Waals surface area contributed by atoms with Crippen LogP contribution in [0.15, 0.2) is 45.3 Å². The van der Waals surface area contributed by atoms with Crippen molar-refractivity contribution in [1.29, 1.82) is 0 Å². The summed E-state index contributed by atoms with van der Waals surface area (Å²) in [6.07, 6.45) is 2.53. The molecule has 0 amide bonds. The van der Waals surface area contributed by atoms with Gasteiger partial charge >= 0.3 is 0 Å². The molecule has 21 heavy (non-hydrogen) atoms. The van der Waals surface area contributed by atoms with E-state index in [0.29, 0.717) is 11.8 Å². The van der Waals surface area contributed by atoms with Crippen LogP contribution in [0.1, 0.15) is 18.4 Å². The average molecular weight is 415 g/mol. The van der Waals surface area contributed by atoms with Crippen molar-refractivity contribution in [2.45, 2.75) is 25.4 Å². The molecule has 1 fully saturated rings. The molecule has 1 N–H and O–H groups in total. The Bertz CT molecular complexity index is 659. The Morgan fingerprint density at radius 1 is 1.14 bits per heavy atom. The van der Waals surface area contributed by atoms with Gasteiger partial charge in [-0.25, -0.2) is 4.39 Å². The highest BCUT2D eigenvalue weighted by atomic mass is 79.9. The predicted molar refractivity (Wildman–Crippen MR) is 88.2 cm³/mol. The summed E-state index contributed by atoms with van der Waals surface area (Å²) >= 11 is 6.85. The largest absolute Gasteiger partial charge is 0.454 e. The average Bonchev–Trinajstić information content (AvgIpc) is 3.26. The number of nitrogens with one attached hydrogen (secondary N) is 1. The van der Waals surface area contributed by atoms with E-state index in [-0.39, 0.29) is 11.6 Å². The molecule has 3 rings (SSSR count). The second-order valence-corrected chi connectivity index (χ2v) is 6.86. The normalized spacial score (nSPS) is 14.2. The van der Waals surface area contributed by atoms with Crippen LogP contribution in [0.25, 0.3) is 0 Å². The first-order chi connectivity index (χ1) is 10.1. The Morgan fingerprint density at radius 3 is 2.67 bits per heavy atom. The summed E-state index contributed by atoms with van der Waals surface area (Å²) in [6.45, 7) is 0.830. The van der Waals surface area contributed by atoms with Gasteiger partial charge in [-0.15, -0.1) is 0 Å². The number of benzene rings is 2. The van der Waals surface area contributed by atoms with Gasteiger partial charge in [-0.05, 0) is 48.7 Å². The van der Waals surface area contributed by atoms with Crippen LogP contribution in [-0.4, -0.2) is 6.04 Å². The standard InChI is InChI=1S/C16H14Br2FNO/c17-11-2-6-15(19)16(7-11)21-13-5-1-10(14(18)8-13)9-20-12-3-4-12/h1-2,5-8,12,20H,3-4,9H2. The Kier molecular flexibility index (Phi) is 4.62. The van der Waals surface area contributed by atoms with E-state index >= 15 is 0 Å². The van der Waals surface area contributed by atoms with Crippen LogP contribution in [0.4, 0.5) is 4.39 Å². The first-order valence-electron chi connectivity index (χ1n) is 6.76. The molecule has 0 bridgehead atoms. The molecule has 0 aliphatic heterocycles. The van der Waals surface area contributed by atoms with Crippen molar-refractivity contribution in [3.05, 3.63) is 56.7 Å². The molecule has 1 aliphatic rings. The molecule has 0 heterocycles. The fourth-order valence-corrected chi connectivity index (χ4v) is 2.80. The fourth-order valence-electron chi connectivity index (χ4n) is 1.96. The summed E-state index contributed by atoms with van der Waals surface area (Å²) in [7, 11) is 0. The molecule has 0 aromatic heterocycles. The number of rotatable bonds is 5. The van der Waals surface area contributed by atoms with E-state index < -0.39 is 0 Å². The Morgan fingerprint density at radius 2 is 1.95 bits per heavy atom. The molecule has 5 heteroatoms. The number of hydrogen-bond donors (Lipinski definition) is 1. The number of halogens is 3. The van der Waals surface area contributed by atoms with Crippen LogP contribution in [0, 0.1) is 5.82 Å². The molecular formula is C16H14Br2FNO. The smallest absolute Gasteiger partial charge is 0.165 e. The van der Waals surface area contributed by atoms with Crippen molar-refractivity contribution < 1.29 is 9.13 Å². The molecule has 0 atom stereocenters. The first-order valence-corrected chi connectivity index (χ1v) is 8.35. The van der Waals surface area contributed by atoms with Gasteiger partial charge in [0.25, 0.3) is 0 Å². The number of hydrogen-bond acceptors (Lipinski definition) is 2. The molecule has 0 unspecified atom stereocenters. The Hall–Kier alpha value is -0.910. The van der Waals surface area contributed by atoms with Gasteiger partial charge in [-0.2, -0.15) is 0 Å². The Balaban J connectivity index is 1.73. The van der Waals surface area contributed by atoms with Gasteiger partial charge in [0.2, 0.25) is 0 Å². The minimum atomic E-state index is -0.381.